The molecular weight excluding hydrogens is 403 g/mol. The van der Waals surface area contributed by atoms with Crippen LogP contribution in [-0.2, 0) is 18.4 Å². The number of phosphoric ester groups is 1. The Bertz CT molecular complexity index is 552. The highest BCUT2D eigenvalue weighted by Crippen LogP contribution is 2.43. The summed E-state index contributed by atoms with van der Waals surface area (Å²) in [5, 5.41) is 32.6. The molecule has 0 aromatic heterocycles. The number of likely N-dealkylation sites (N-methyl/N-ethyl adjacent to an activating group) is 1. The number of allylic oxidation sites excluding steroid dienone is 1. The lowest BCUT2D eigenvalue weighted by molar-refractivity contribution is -0.870. The normalized spacial score (nSPS) is 18.8. The minimum atomic E-state index is -4.43. The van der Waals surface area contributed by atoms with Gasteiger partial charge in [-0.1, -0.05) is 32.4 Å². The predicted molar refractivity (Wildman–Crippen MR) is 109 cm³/mol. The lowest BCUT2D eigenvalue weighted by atomic mass is 10.0. The van der Waals surface area contributed by atoms with Gasteiger partial charge in [-0.15, -0.1) is 0 Å². The Hall–Kier alpha value is -0.840. The number of carbonyl (C=O) groups excluding carboxylic acids is 1. The third kappa shape index (κ3) is 13.1. The summed E-state index contributed by atoms with van der Waals surface area (Å²) in [4.78, 5) is 22.0. The lowest BCUT2D eigenvalue weighted by Crippen LogP contribution is -2.53. The highest BCUT2D eigenvalue weighted by atomic mass is 31.2. The molecule has 0 aliphatic rings. The number of quaternary nitrogens is 1. The number of hydrogen-bond donors (Lipinski definition) is 5. The van der Waals surface area contributed by atoms with Crippen LogP contribution in [0.4, 0.5) is 0 Å². The van der Waals surface area contributed by atoms with Gasteiger partial charge in [0.2, 0.25) is 0 Å². The van der Waals surface area contributed by atoms with Gasteiger partial charge in [0.15, 0.2) is 6.10 Å². The van der Waals surface area contributed by atoms with E-state index in [0.29, 0.717) is 23.9 Å². The maximum absolute atomic E-state index is 12.1. The van der Waals surface area contributed by atoms with Crippen LogP contribution in [0.5, 0.6) is 0 Å². The molecule has 5 N–H and O–H groups in total. The lowest BCUT2D eigenvalue weighted by Gasteiger charge is -2.28. The van der Waals surface area contributed by atoms with Crippen LogP contribution in [0, 0.1) is 0 Å². The molecule has 0 aromatic carbocycles. The van der Waals surface area contributed by atoms with Crippen LogP contribution in [0.15, 0.2) is 12.2 Å². The van der Waals surface area contributed by atoms with Crippen molar-refractivity contribution in [3.63, 3.8) is 0 Å². The smallest absolute Gasteiger partial charge is 0.390 e. The fourth-order valence-electron chi connectivity index (χ4n) is 2.22. The average Bonchev–Trinajstić information content (AvgIpc) is 2.61. The Morgan fingerprint density at radius 2 is 1.79 bits per heavy atom. The van der Waals surface area contributed by atoms with E-state index < -0.39 is 44.7 Å². The van der Waals surface area contributed by atoms with Gasteiger partial charge in [-0.25, -0.2) is 4.57 Å². The Kier molecular flexibility index (Phi) is 13.1. The monoisotopic (exact) mass is 441 g/mol. The molecule has 11 heteroatoms. The van der Waals surface area contributed by atoms with Crippen molar-refractivity contribution >= 4 is 13.7 Å². The molecule has 2 unspecified atom stereocenters. The fourth-order valence-corrected chi connectivity index (χ4v) is 2.96. The van der Waals surface area contributed by atoms with Crippen LogP contribution in [0.3, 0.4) is 0 Å². The Labute approximate surface area is 173 Å². The molecule has 29 heavy (non-hydrogen) atoms. The second-order valence-corrected chi connectivity index (χ2v) is 9.31. The number of carbonyl (C=O) groups is 1. The minimum Gasteiger partial charge on any atom is -0.390 e. The molecular formula is C18H38N2O8P+. The molecule has 0 saturated heterocycles. The van der Waals surface area contributed by atoms with Crippen molar-refractivity contribution in [3.8, 4) is 0 Å². The molecule has 0 radical (unpaired) electrons. The second kappa shape index (κ2) is 13.5. The zero-order valence-electron chi connectivity index (χ0n) is 18.0. The van der Waals surface area contributed by atoms with Crippen molar-refractivity contribution in [1.29, 1.82) is 0 Å². The first-order valence-electron chi connectivity index (χ1n) is 9.76. The number of phosphoric acid groups is 1. The van der Waals surface area contributed by atoms with Crippen molar-refractivity contribution < 1.29 is 43.1 Å². The van der Waals surface area contributed by atoms with E-state index in [-0.39, 0.29) is 13.0 Å². The Balaban J connectivity index is 5.03. The molecule has 0 aliphatic heterocycles. The minimum absolute atomic E-state index is 0.0319. The molecule has 0 bridgehead atoms. The van der Waals surface area contributed by atoms with Gasteiger partial charge in [0.05, 0.1) is 39.9 Å². The first-order chi connectivity index (χ1) is 13.3. The van der Waals surface area contributed by atoms with Crippen LogP contribution < -0.4 is 5.32 Å². The van der Waals surface area contributed by atoms with Gasteiger partial charge in [-0.05, 0) is 12.8 Å². The van der Waals surface area contributed by atoms with E-state index >= 15 is 0 Å². The van der Waals surface area contributed by atoms with E-state index in [0.717, 1.165) is 0 Å². The van der Waals surface area contributed by atoms with E-state index in [1.54, 1.807) is 6.08 Å². The molecule has 0 heterocycles. The number of amides is 1. The fraction of sp³-hybridized carbons (Fsp3) is 0.833. The second-order valence-electron chi connectivity index (χ2n) is 7.85. The van der Waals surface area contributed by atoms with Gasteiger partial charge >= 0.3 is 7.82 Å². The summed E-state index contributed by atoms with van der Waals surface area (Å²) in [6, 6.07) is -1.23. The molecule has 0 aliphatic carbocycles. The number of nitrogens with one attached hydrogen (secondary N) is 1. The van der Waals surface area contributed by atoms with E-state index in [9.17, 15) is 29.6 Å². The van der Waals surface area contributed by atoms with E-state index in [1.807, 2.05) is 35.0 Å². The summed E-state index contributed by atoms with van der Waals surface area (Å²) in [7, 11) is 1.24. The quantitative estimate of drug-likeness (QED) is 0.137. The molecule has 5 atom stereocenters. The summed E-state index contributed by atoms with van der Waals surface area (Å²) < 4.78 is 22.4. The topological polar surface area (TPSA) is 146 Å². The standard InChI is InChI=1S/C18H37N2O8P/c1-6-8-10-16(22)18(24)19-14(17(23)15(21)9-7-2)13-28-29(25,26)27-12-11-20(3,4)5/h8,10,14-17,21-23H,6-7,9,11-13H2,1-5H3,(H-,19,24,25,26)/p+1/b10-8+/t14-,15+,16?,17-/m0/s1. The van der Waals surface area contributed by atoms with E-state index in [2.05, 4.69) is 5.32 Å². The highest BCUT2D eigenvalue weighted by Gasteiger charge is 2.32. The van der Waals surface area contributed by atoms with Gasteiger partial charge in [0.25, 0.3) is 5.91 Å². The third-order valence-electron chi connectivity index (χ3n) is 3.98. The molecule has 0 spiro atoms. The molecule has 0 fully saturated rings. The third-order valence-corrected chi connectivity index (χ3v) is 4.96. The zero-order valence-corrected chi connectivity index (χ0v) is 18.9. The van der Waals surface area contributed by atoms with E-state index in [4.69, 9.17) is 9.05 Å². The Morgan fingerprint density at radius 1 is 1.17 bits per heavy atom. The number of rotatable bonds is 15. The maximum Gasteiger partial charge on any atom is 0.472 e. The van der Waals surface area contributed by atoms with Crippen LogP contribution in [0.25, 0.3) is 0 Å². The predicted octanol–water partition coefficient (Wildman–Crippen LogP) is 0.160. The van der Waals surface area contributed by atoms with Crippen LogP contribution in [0.1, 0.15) is 33.1 Å². The molecule has 10 nitrogen and oxygen atoms in total. The largest absolute Gasteiger partial charge is 0.472 e. The van der Waals surface area contributed by atoms with E-state index in [1.165, 1.54) is 6.08 Å². The highest BCUT2D eigenvalue weighted by molar-refractivity contribution is 7.47. The Morgan fingerprint density at radius 3 is 2.31 bits per heavy atom. The summed E-state index contributed by atoms with van der Waals surface area (Å²) in [5.41, 5.74) is 0. The van der Waals surface area contributed by atoms with Gasteiger partial charge in [0, 0.05) is 0 Å². The van der Waals surface area contributed by atoms with Gasteiger partial charge < -0.3 is 30.0 Å². The number of aliphatic hydroxyl groups is 3. The molecule has 1 amide bonds. The van der Waals surface area contributed by atoms with Crippen LogP contribution in [-0.4, -0.2) is 95.9 Å². The first-order valence-corrected chi connectivity index (χ1v) is 11.3. The molecule has 0 aromatic rings. The molecule has 0 rings (SSSR count). The average molecular weight is 441 g/mol. The summed E-state index contributed by atoms with van der Waals surface area (Å²) in [6.45, 7) is 3.48. The van der Waals surface area contributed by atoms with Gasteiger partial charge in [-0.2, -0.15) is 0 Å². The number of hydrogen-bond acceptors (Lipinski definition) is 7. The summed E-state index contributed by atoms with van der Waals surface area (Å²) >= 11 is 0. The van der Waals surface area contributed by atoms with Crippen LogP contribution in [0.2, 0.25) is 0 Å². The summed E-state index contributed by atoms with van der Waals surface area (Å²) in [5.74, 6) is -0.829. The maximum atomic E-state index is 12.1. The number of nitrogens with zero attached hydrogens (tertiary/aromatic N) is 1. The summed E-state index contributed by atoms with van der Waals surface area (Å²) in [6.07, 6.45) is 0.218. The van der Waals surface area contributed by atoms with Crippen LogP contribution >= 0.6 is 7.82 Å². The van der Waals surface area contributed by atoms with Crippen molar-refractivity contribution in [2.24, 2.45) is 0 Å². The molecule has 0 saturated carbocycles. The van der Waals surface area contributed by atoms with Crippen molar-refractivity contribution in [1.82, 2.24) is 5.32 Å². The zero-order chi connectivity index (χ0) is 22.7. The first kappa shape index (κ1) is 28.2. The van der Waals surface area contributed by atoms with Crippen molar-refractivity contribution in [3.05, 3.63) is 12.2 Å². The molecule has 172 valence electrons. The van der Waals surface area contributed by atoms with Gasteiger partial charge in [0.1, 0.15) is 19.3 Å². The number of aliphatic hydroxyl groups excluding tert-OH is 3. The van der Waals surface area contributed by atoms with Crippen molar-refractivity contribution in [2.45, 2.75) is 57.5 Å². The van der Waals surface area contributed by atoms with Crippen molar-refractivity contribution in [2.75, 3.05) is 40.9 Å². The SMILES string of the molecule is CC/C=C/C(O)C(=O)N[C@@H](COP(=O)(O)OCC[N+](C)(C)C)[C@H](O)[C@H](O)CCC. The van der Waals surface area contributed by atoms with Gasteiger partial charge in [-0.3, -0.25) is 13.8 Å².